The third-order valence-corrected chi connectivity index (χ3v) is 4.49. The second-order valence-corrected chi connectivity index (χ2v) is 6.06. The summed E-state index contributed by atoms with van der Waals surface area (Å²) in [7, 11) is 0. The van der Waals surface area contributed by atoms with Crippen LogP contribution in [0.4, 0.5) is 0 Å². The maximum absolute atomic E-state index is 4.83. The Hall–Kier alpha value is -1.61. The molecule has 0 spiro atoms. The van der Waals surface area contributed by atoms with Gasteiger partial charge in [0.05, 0.1) is 11.7 Å². The van der Waals surface area contributed by atoms with Gasteiger partial charge in [0.1, 0.15) is 0 Å². The summed E-state index contributed by atoms with van der Waals surface area (Å²) in [6.07, 6.45) is 3.69. The van der Waals surface area contributed by atoms with Crippen molar-refractivity contribution in [2.24, 2.45) is 0 Å². The summed E-state index contributed by atoms with van der Waals surface area (Å²) < 4.78 is 2.22. The highest BCUT2D eigenvalue weighted by molar-refractivity contribution is 5.28. The lowest BCUT2D eigenvalue weighted by Crippen LogP contribution is -2.29. The van der Waals surface area contributed by atoms with Crippen molar-refractivity contribution in [2.75, 3.05) is 6.54 Å². The zero-order valence-corrected chi connectivity index (χ0v) is 13.3. The molecule has 0 aliphatic heterocycles. The number of benzene rings is 1. The Bertz CT molecular complexity index is 596. The molecule has 1 heterocycles. The smallest absolute Gasteiger partial charge is 0.0896 e. The predicted molar refractivity (Wildman–Crippen MR) is 86.7 cm³/mol. The minimum atomic E-state index is 0.283. The van der Waals surface area contributed by atoms with Gasteiger partial charge in [-0.2, -0.15) is 5.10 Å². The van der Waals surface area contributed by atoms with E-state index in [1.807, 2.05) is 0 Å². The average molecular weight is 283 g/mol. The van der Waals surface area contributed by atoms with Crippen molar-refractivity contribution in [3.8, 4) is 0 Å². The first kappa shape index (κ1) is 14.3. The molecule has 0 saturated heterocycles. The Morgan fingerprint density at radius 3 is 2.52 bits per heavy atom. The Kier molecular flexibility index (Phi) is 4.11. The molecule has 112 valence electrons. The number of aryl methyl sites for hydroxylation is 1. The van der Waals surface area contributed by atoms with Gasteiger partial charge in [-0.25, -0.2) is 0 Å². The van der Waals surface area contributed by atoms with Gasteiger partial charge >= 0.3 is 0 Å². The third kappa shape index (κ3) is 3.03. The van der Waals surface area contributed by atoms with Gasteiger partial charge in [0.25, 0.3) is 0 Å². The fraction of sp³-hybridized carbons (Fsp3) is 0.500. The van der Waals surface area contributed by atoms with E-state index in [9.17, 15) is 0 Å². The van der Waals surface area contributed by atoms with Crippen LogP contribution in [-0.4, -0.2) is 22.4 Å². The first-order chi connectivity index (χ1) is 10.2. The van der Waals surface area contributed by atoms with Crippen LogP contribution < -0.4 is 5.32 Å². The Morgan fingerprint density at radius 2 is 1.95 bits per heavy atom. The monoisotopic (exact) mass is 283 g/mol. The highest BCUT2D eigenvalue weighted by Gasteiger charge is 2.25. The lowest BCUT2D eigenvalue weighted by atomic mass is 10.1. The molecule has 3 nitrogen and oxygen atoms in total. The summed E-state index contributed by atoms with van der Waals surface area (Å²) in [4.78, 5) is 0. The van der Waals surface area contributed by atoms with E-state index in [1.165, 1.54) is 35.4 Å². The van der Waals surface area contributed by atoms with Gasteiger partial charge < -0.3 is 5.32 Å². The zero-order chi connectivity index (χ0) is 14.8. The normalized spacial score (nSPS) is 16.1. The Balaban J connectivity index is 1.94. The topological polar surface area (TPSA) is 29.9 Å². The lowest BCUT2D eigenvalue weighted by Gasteiger charge is -2.21. The molecule has 1 N–H and O–H groups in total. The highest BCUT2D eigenvalue weighted by Crippen LogP contribution is 2.25. The van der Waals surface area contributed by atoms with Crippen LogP contribution in [0.15, 0.2) is 30.3 Å². The van der Waals surface area contributed by atoms with Crippen molar-refractivity contribution >= 4 is 0 Å². The zero-order valence-electron chi connectivity index (χ0n) is 13.3. The molecule has 1 atom stereocenters. The van der Waals surface area contributed by atoms with Crippen LogP contribution in [0.5, 0.6) is 0 Å². The number of rotatable bonds is 6. The number of nitrogens with one attached hydrogen (secondary N) is 1. The first-order valence-corrected chi connectivity index (χ1v) is 8.03. The van der Waals surface area contributed by atoms with Crippen molar-refractivity contribution in [2.45, 2.75) is 52.1 Å². The van der Waals surface area contributed by atoms with E-state index in [0.29, 0.717) is 0 Å². The van der Waals surface area contributed by atoms with Crippen molar-refractivity contribution in [1.82, 2.24) is 15.1 Å². The van der Waals surface area contributed by atoms with E-state index < -0.39 is 0 Å². The maximum Gasteiger partial charge on any atom is 0.0896 e. The minimum Gasteiger partial charge on any atom is -0.312 e. The number of hydrogen-bond acceptors (Lipinski definition) is 2. The SMILES string of the molecule is CCc1c(C)nn(C(CNC2CC2)c2ccccc2)c1C. The Labute approximate surface area is 127 Å². The van der Waals surface area contributed by atoms with Crippen LogP contribution in [-0.2, 0) is 6.42 Å². The summed E-state index contributed by atoms with van der Waals surface area (Å²) in [6.45, 7) is 7.49. The molecular formula is C18H25N3. The molecule has 3 heteroatoms. The lowest BCUT2D eigenvalue weighted by molar-refractivity contribution is 0.468. The van der Waals surface area contributed by atoms with Crippen LogP contribution in [0.1, 0.15) is 48.3 Å². The molecule has 1 unspecified atom stereocenters. The fourth-order valence-electron chi connectivity index (χ4n) is 3.10. The van der Waals surface area contributed by atoms with Gasteiger partial charge in [0.2, 0.25) is 0 Å². The van der Waals surface area contributed by atoms with E-state index in [4.69, 9.17) is 5.10 Å². The van der Waals surface area contributed by atoms with Gasteiger partial charge in [-0.15, -0.1) is 0 Å². The summed E-state index contributed by atoms with van der Waals surface area (Å²) in [6, 6.07) is 11.7. The van der Waals surface area contributed by atoms with E-state index in [2.05, 4.69) is 61.1 Å². The van der Waals surface area contributed by atoms with Crippen molar-refractivity contribution in [3.63, 3.8) is 0 Å². The molecule has 1 fully saturated rings. The molecular weight excluding hydrogens is 258 g/mol. The molecule has 1 saturated carbocycles. The van der Waals surface area contributed by atoms with Gasteiger partial charge in [0, 0.05) is 18.3 Å². The second kappa shape index (κ2) is 6.02. The number of nitrogens with zero attached hydrogens (tertiary/aromatic N) is 2. The van der Waals surface area contributed by atoms with Crippen LogP contribution in [0.2, 0.25) is 0 Å². The average Bonchev–Trinajstić information content (AvgIpc) is 3.27. The van der Waals surface area contributed by atoms with E-state index in [0.717, 1.165) is 19.0 Å². The standard InChI is InChI=1S/C18H25N3/c1-4-17-13(2)20-21(14(17)3)18(12-19-16-10-11-16)15-8-6-5-7-9-15/h5-9,16,18-19H,4,10-12H2,1-3H3. The van der Waals surface area contributed by atoms with Crippen LogP contribution in [0.3, 0.4) is 0 Å². The first-order valence-electron chi connectivity index (χ1n) is 8.03. The van der Waals surface area contributed by atoms with Crippen LogP contribution in [0.25, 0.3) is 0 Å². The molecule has 1 aromatic carbocycles. The fourth-order valence-corrected chi connectivity index (χ4v) is 3.10. The minimum absolute atomic E-state index is 0.283. The molecule has 1 aliphatic rings. The molecule has 21 heavy (non-hydrogen) atoms. The summed E-state index contributed by atoms with van der Waals surface area (Å²) in [5.41, 5.74) is 5.20. The van der Waals surface area contributed by atoms with Gasteiger partial charge in [0.15, 0.2) is 0 Å². The summed E-state index contributed by atoms with van der Waals surface area (Å²) in [5, 5.41) is 8.50. The van der Waals surface area contributed by atoms with Crippen LogP contribution >= 0.6 is 0 Å². The number of hydrogen-bond donors (Lipinski definition) is 1. The van der Waals surface area contributed by atoms with Gasteiger partial charge in [-0.1, -0.05) is 37.3 Å². The van der Waals surface area contributed by atoms with Crippen LogP contribution in [0, 0.1) is 13.8 Å². The molecule has 1 aromatic heterocycles. The van der Waals surface area contributed by atoms with E-state index >= 15 is 0 Å². The Morgan fingerprint density at radius 1 is 1.24 bits per heavy atom. The van der Waals surface area contributed by atoms with E-state index in [-0.39, 0.29) is 6.04 Å². The molecule has 0 amide bonds. The van der Waals surface area contributed by atoms with E-state index in [1.54, 1.807) is 0 Å². The second-order valence-electron chi connectivity index (χ2n) is 6.06. The molecule has 3 rings (SSSR count). The third-order valence-electron chi connectivity index (χ3n) is 4.49. The molecule has 2 aromatic rings. The largest absolute Gasteiger partial charge is 0.312 e. The quantitative estimate of drug-likeness (QED) is 0.880. The van der Waals surface area contributed by atoms with Gasteiger partial charge in [-0.05, 0) is 44.2 Å². The molecule has 0 bridgehead atoms. The van der Waals surface area contributed by atoms with Crippen molar-refractivity contribution in [1.29, 1.82) is 0 Å². The maximum atomic E-state index is 4.83. The highest BCUT2D eigenvalue weighted by atomic mass is 15.3. The van der Waals surface area contributed by atoms with Crippen molar-refractivity contribution < 1.29 is 0 Å². The number of aromatic nitrogens is 2. The summed E-state index contributed by atoms with van der Waals surface area (Å²) >= 11 is 0. The predicted octanol–water partition coefficient (Wildman–Crippen LogP) is 3.40. The molecule has 1 aliphatic carbocycles. The van der Waals surface area contributed by atoms with Crippen molar-refractivity contribution in [3.05, 3.63) is 52.8 Å². The summed E-state index contributed by atoms with van der Waals surface area (Å²) in [5.74, 6) is 0. The molecule has 0 radical (unpaired) electrons. The van der Waals surface area contributed by atoms with Gasteiger partial charge in [-0.3, -0.25) is 4.68 Å².